The van der Waals surface area contributed by atoms with E-state index in [4.69, 9.17) is 0 Å². The monoisotopic (exact) mass is 167 g/mol. The fraction of sp³-hybridized carbons (Fsp3) is 0.900. The van der Waals surface area contributed by atoms with E-state index in [1.807, 2.05) is 0 Å². The van der Waals surface area contributed by atoms with Crippen LogP contribution in [0.3, 0.4) is 0 Å². The normalized spacial score (nSPS) is 34.4. The number of rotatable bonds is 0. The molecule has 0 bridgehead atoms. The van der Waals surface area contributed by atoms with Crippen LogP contribution in [0.15, 0.2) is 0 Å². The average Bonchev–Trinajstić information content (AvgIpc) is 2.50. The second-order valence-electron chi connectivity index (χ2n) is 4.23. The van der Waals surface area contributed by atoms with Gasteiger partial charge in [0.15, 0.2) is 0 Å². The van der Waals surface area contributed by atoms with E-state index >= 15 is 0 Å². The number of Topliss-reactive ketones (excluding diaryl/α,β-unsaturated/α-hetero) is 1. The third-order valence-corrected chi connectivity index (χ3v) is 3.66. The molecule has 2 heteroatoms. The summed E-state index contributed by atoms with van der Waals surface area (Å²) in [5, 5.41) is 3.55. The Kier molecular flexibility index (Phi) is 1.95. The molecule has 1 heterocycles. The van der Waals surface area contributed by atoms with Crippen LogP contribution in [-0.2, 0) is 4.79 Å². The van der Waals surface area contributed by atoms with Crippen LogP contribution in [0.5, 0.6) is 0 Å². The van der Waals surface area contributed by atoms with Crippen molar-refractivity contribution in [2.75, 3.05) is 6.54 Å². The molecule has 2 nitrogen and oxygen atoms in total. The van der Waals surface area contributed by atoms with Gasteiger partial charge in [0.25, 0.3) is 0 Å². The zero-order valence-electron chi connectivity index (χ0n) is 7.73. The van der Waals surface area contributed by atoms with Gasteiger partial charge in [-0.15, -0.1) is 0 Å². The lowest BCUT2D eigenvalue weighted by Crippen LogP contribution is -2.55. The lowest BCUT2D eigenvalue weighted by atomic mass is 9.77. The summed E-state index contributed by atoms with van der Waals surface area (Å²) >= 11 is 0. The van der Waals surface area contributed by atoms with E-state index in [1.165, 1.54) is 25.7 Å². The van der Waals surface area contributed by atoms with E-state index in [1.54, 1.807) is 0 Å². The smallest absolute Gasteiger partial charge is 0.138 e. The minimum absolute atomic E-state index is 0.204. The fourth-order valence-electron chi connectivity index (χ4n) is 2.73. The highest BCUT2D eigenvalue weighted by atomic mass is 16.1. The Bertz CT molecular complexity index is 194. The molecule has 2 fully saturated rings. The van der Waals surface area contributed by atoms with E-state index in [0.717, 1.165) is 13.0 Å². The molecule has 1 aliphatic heterocycles. The number of ketones is 1. The molecule has 1 aliphatic carbocycles. The zero-order chi connectivity index (χ0) is 8.60. The first-order valence-corrected chi connectivity index (χ1v) is 5.02. The molecule has 2 rings (SSSR count). The van der Waals surface area contributed by atoms with E-state index in [-0.39, 0.29) is 11.5 Å². The van der Waals surface area contributed by atoms with Crippen molar-refractivity contribution in [2.45, 2.75) is 44.6 Å². The molecular formula is C10H17NO. The van der Waals surface area contributed by atoms with Crippen molar-refractivity contribution < 1.29 is 4.79 Å². The van der Waals surface area contributed by atoms with Crippen molar-refractivity contribution in [3.05, 3.63) is 0 Å². The summed E-state index contributed by atoms with van der Waals surface area (Å²) in [7, 11) is 0. The molecule has 1 N–H and O–H groups in total. The molecular weight excluding hydrogens is 150 g/mol. The van der Waals surface area contributed by atoms with Crippen LogP contribution >= 0.6 is 0 Å². The first-order valence-electron chi connectivity index (χ1n) is 5.02. The Hall–Kier alpha value is -0.370. The number of nitrogens with one attached hydrogen (secondary N) is 1. The number of hydrogen-bond donors (Lipinski definition) is 1. The maximum absolute atomic E-state index is 11.5. The second kappa shape index (κ2) is 2.84. The maximum atomic E-state index is 11.5. The van der Waals surface area contributed by atoms with Gasteiger partial charge in [0, 0.05) is 24.4 Å². The van der Waals surface area contributed by atoms with Gasteiger partial charge in [0.2, 0.25) is 0 Å². The molecule has 0 aromatic carbocycles. The summed E-state index contributed by atoms with van der Waals surface area (Å²) in [6.07, 6.45) is 5.75. The average molecular weight is 167 g/mol. The SMILES string of the molecule is CC1C(=O)CCNC12CCCC2. The van der Waals surface area contributed by atoms with Crippen molar-refractivity contribution in [2.24, 2.45) is 5.92 Å². The van der Waals surface area contributed by atoms with Gasteiger partial charge in [-0.2, -0.15) is 0 Å². The lowest BCUT2D eigenvalue weighted by Gasteiger charge is -2.39. The Morgan fingerprint density at radius 1 is 1.42 bits per heavy atom. The zero-order valence-corrected chi connectivity index (χ0v) is 7.73. The largest absolute Gasteiger partial charge is 0.310 e. The van der Waals surface area contributed by atoms with Crippen molar-refractivity contribution in [1.29, 1.82) is 0 Å². The van der Waals surface area contributed by atoms with Crippen molar-refractivity contribution in [3.8, 4) is 0 Å². The van der Waals surface area contributed by atoms with Crippen LogP contribution in [0, 0.1) is 5.92 Å². The molecule has 0 aromatic heterocycles. The molecule has 1 saturated carbocycles. The van der Waals surface area contributed by atoms with Crippen LogP contribution in [0.25, 0.3) is 0 Å². The molecule has 12 heavy (non-hydrogen) atoms. The van der Waals surface area contributed by atoms with Crippen molar-refractivity contribution in [3.63, 3.8) is 0 Å². The van der Waals surface area contributed by atoms with Crippen molar-refractivity contribution >= 4 is 5.78 Å². The minimum atomic E-state index is 0.204. The van der Waals surface area contributed by atoms with E-state index in [2.05, 4.69) is 12.2 Å². The lowest BCUT2D eigenvalue weighted by molar-refractivity contribution is -0.127. The van der Waals surface area contributed by atoms with Crippen LogP contribution < -0.4 is 5.32 Å². The summed E-state index contributed by atoms with van der Waals surface area (Å²) in [4.78, 5) is 11.5. The van der Waals surface area contributed by atoms with Gasteiger partial charge in [-0.1, -0.05) is 19.8 Å². The first kappa shape index (κ1) is 8.24. The van der Waals surface area contributed by atoms with Gasteiger partial charge in [-0.25, -0.2) is 0 Å². The molecule has 1 saturated heterocycles. The topological polar surface area (TPSA) is 29.1 Å². The maximum Gasteiger partial charge on any atom is 0.138 e. The number of hydrogen-bond acceptors (Lipinski definition) is 2. The Balaban J connectivity index is 2.17. The predicted octanol–water partition coefficient (Wildman–Crippen LogP) is 1.50. The van der Waals surface area contributed by atoms with E-state index in [9.17, 15) is 4.79 Å². The molecule has 1 spiro atoms. The molecule has 0 aromatic rings. The fourth-order valence-corrected chi connectivity index (χ4v) is 2.73. The first-order chi connectivity index (χ1) is 5.75. The second-order valence-corrected chi connectivity index (χ2v) is 4.23. The third kappa shape index (κ3) is 1.09. The van der Waals surface area contributed by atoms with Crippen LogP contribution in [0.2, 0.25) is 0 Å². The Labute approximate surface area is 73.7 Å². The Morgan fingerprint density at radius 3 is 2.75 bits per heavy atom. The van der Waals surface area contributed by atoms with Gasteiger partial charge < -0.3 is 5.32 Å². The van der Waals surface area contributed by atoms with Gasteiger partial charge in [0.05, 0.1) is 0 Å². The third-order valence-electron chi connectivity index (χ3n) is 3.66. The van der Waals surface area contributed by atoms with Crippen LogP contribution in [-0.4, -0.2) is 17.9 Å². The highest BCUT2D eigenvalue weighted by molar-refractivity contribution is 5.83. The van der Waals surface area contributed by atoms with Crippen LogP contribution in [0.4, 0.5) is 0 Å². The van der Waals surface area contributed by atoms with Gasteiger partial charge >= 0.3 is 0 Å². The summed E-state index contributed by atoms with van der Waals surface area (Å²) in [5.41, 5.74) is 0.204. The quantitative estimate of drug-likeness (QED) is 0.592. The molecule has 68 valence electrons. The summed E-state index contributed by atoms with van der Waals surface area (Å²) < 4.78 is 0. The molecule has 1 atom stereocenters. The van der Waals surface area contributed by atoms with E-state index < -0.39 is 0 Å². The number of carbonyl (C=O) groups excluding carboxylic acids is 1. The molecule has 0 radical (unpaired) electrons. The standard InChI is InChI=1S/C10H17NO/c1-8-9(12)4-7-11-10(8)5-2-3-6-10/h8,11H,2-7H2,1H3. The molecule has 1 unspecified atom stereocenters. The highest BCUT2D eigenvalue weighted by Gasteiger charge is 2.43. The summed E-state index contributed by atoms with van der Waals surface area (Å²) in [5.74, 6) is 0.726. The van der Waals surface area contributed by atoms with E-state index in [0.29, 0.717) is 5.78 Å². The molecule has 0 amide bonds. The highest BCUT2D eigenvalue weighted by Crippen LogP contribution is 2.38. The number of carbonyl (C=O) groups is 1. The number of piperidine rings is 1. The predicted molar refractivity (Wildman–Crippen MR) is 48.0 cm³/mol. The van der Waals surface area contributed by atoms with Gasteiger partial charge in [-0.3, -0.25) is 4.79 Å². The summed E-state index contributed by atoms with van der Waals surface area (Å²) in [6, 6.07) is 0. The van der Waals surface area contributed by atoms with Crippen LogP contribution in [0.1, 0.15) is 39.0 Å². The van der Waals surface area contributed by atoms with Gasteiger partial charge in [-0.05, 0) is 12.8 Å². The molecule has 2 aliphatic rings. The Morgan fingerprint density at radius 2 is 2.08 bits per heavy atom. The summed E-state index contributed by atoms with van der Waals surface area (Å²) in [6.45, 7) is 3.00. The minimum Gasteiger partial charge on any atom is -0.310 e. The van der Waals surface area contributed by atoms with Gasteiger partial charge in [0.1, 0.15) is 5.78 Å². The van der Waals surface area contributed by atoms with Crippen molar-refractivity contribution in [1.82, 2.24) is 5.32 Å².